The van der Waals surface area contributed by atoms with Gasteiger partial charge < -0.3 is 15.4 Å². The topological polar surface area (TPSA) is 75.9 Å². The number of hydrogen-bond acceptors (Lipinski definition) is 5. The maximum absolute atomic E-state index is 12.6. The Morgan fingerprint density at radius 2 is 1.86 bits per heavy atom. The highest BCUT2D eigenvalue weighted by Crippen LogP contribution is 2.27. The van der Waals surface area contributed by atoms with Crippen LogP contribution in [0.1, 0.15) is 13.8 Å². The second-order valence-electron chi connectivity index (χ2n) is 4.91. The van der Waals surface area contributed by atoms with E-state index in [1.165, 1.54) is 4.31 Å². The van der Waals surface area contributed by atoms with Gasteiger partial charge >= 0.3 is 0 Å². The predicted molar refractivity (Wildman–Crippen MR) is 84.0 cm³/mol. The summed E-state index contributed by atoms with van der Waals surface area (Å²) in [5.41, 5.74) is 7.42. The van der Waals surface area contributed by atoms with Crippen molar-refractivity contribution in [2.75, 3.05) is 50.0 Å². The second-order valence-corrected chi connectivity index (χ2v) is 6.85. The Kier molecular flexibility index (Phi) is 5.08. The van der Waals surface area contributed by atoms with Gasteiger partial charge in [0.05, 0.1) is 29.5 Å². The molecule has 0 radical (unpaired) electrons. The molecule has 2 N–H and O–H groups in total. The smallest absolute Gasteiger partial charge is 0.243 e. The molecule has 1 aromatic carbocycles. The van der Waals surface area contributed by atoms with Crippen molar-refractivity contribution < 1.29 is 13.2 Å². The van der Waals surface area contributed by atoms with Crippen LogP contribution in [0.3, 0.4) is 0 Å². The summed E-state index contributed by atoms with van der Waals surface area (Å²) >= 11 is 0. The van der Waals surface area contributed by atoms with Gasteiger partial charge in [-0.25, -0.2) is 8.42 Å². The molecule has 118 valence electrons. The minimum atomic E-state index is -3.49. The van der Waals surface area contributed by atoms with Gasteiger partial charge in [0.2, 0.25) is 10.0 Å². The van der Waals surface area contributed by atoms with Crippen LogP contribution in [-0.2, 0) is 14.8 Å². The Balaban J connectivity index is 2.30. The van der Waals surface area contributed by atoms with Gasteiger partial charge in [0.25, 0.3) is 0 Å². The lowest BCUT2D eigenvalue weighted by atomic mass is 10.2. The number of rotatable bonds is 5. The summed E-state index contributed by atoms with van der Waals surface area (Å²) in [6.07, 6.45) is 0. The molecule has 1 fully saturated rings. The number of anilines is 2. The minimum Gasteiger partial charge on any atom is -0.397 e. The van der Waals surface area contributed by atoms with E-state index in [1.807, 2.05) is 13.8 Å². The summed E-state index contributed by atoms with van der Waals surface area (Å²) in [6, 6.07) is 4.98. The third-order valence-electron chi connectivity index (χ3n) is 3.71. The number of hydrogen-bond donors (Lipinski definition) is 1. The molecule has 7 heteroatoms. The summed E-state index contributed by atoms with van der Waals surface area (Å²) in [6.45, 7) is 7.40. The van der Waals surface area contributed by atoms with Crippen LogP contribution >= 0.6 is 0 Å². The third kappa shape index (κ3) is 3.30. The zero-order chi connectivity index (χ0) is 15.5. The first-order chi connectivity index (χ1) is 10.0. The van der Waals surface area contributed by atoms with Crippen LogP contribution in [-0.4, -0.2) is 52.1 Å². The number of ether oxygens (including phenoxy) is 1. The average Bonchev–Trinajstić information content (AvgIpc) is 2.50. The minimum absolute atomic E-state index is 0.248. The molecule has 0 aromatic heterocycles. The van der Waals surface area contributed by atoms with Gasteiger partial charge in [-0.2, -0.15) is 4.31 Å². The quantitative estimate of drug-likeness (QED) is 0.825. The number of benzene rings is 1. The predicted octanol–water partition coefficient (Wildman–Crippen LogP) is 1.14. The van der Waals surface area contributed by atoms with Gasteiger partial charge in [0, 0.05) is 26.2 Å². The molecule has 0 amide bonds. The van der Waals surface area contributed by atoms with Crippen LogP contribution < -0.4 is 10.6 Å². The van der Waals surface area contributed by atoms with Crippen molar-refractivity contribution >= 4 is 21.4 Å². The summed E-state index contributed by atoms with van der Waals surface area (Å²) < 4.78 is 31.8. The molecule has 0 atom stereocenters. The SMILES string of the molecule is CCN(CC)c1ccc(S(=O)(=O)N2CCOCC2)cc1N. The van der Waals surface area contributed by atoms with Crippen LogP contribution in [0.25, 0.3) is 0 Å². The Morgan fingerprint density at radius 3 is 2.38 bits per heavy atom. The van der Waals surface area contributed by atoms with Crippen LogP contribution in [0, 0.1) is 0 Å². The van der Waals surface area contributed by atoms with Gasteiger partial charge in [-0.3, -0.25) is 0 Å². The van der Waals surface area contributed by atoms with Crippen LogP contribution in [0.2, 0.25) is 0 Å². The lowest BCUT2D eigenvalue weighted by Crippen LogP contribution is -2.40. The molecule has 21 heavy (non-hydrogen) atoms. The first-order valence-corrected chi connectivity index (χ1v) is 8.67. The van der Waals surface area contributed by atoms with E-state index in [1.54, 1.807) is 18.2 Å². The zero-order valence-electron chi connectivity index (χ0n) is 12.6. The van der Waals surface area contributed by atoms with E-state index in [0.717, 1.165) is 18.8 Å². The lowest BCUT2D eigenvalue weighted by Gasteiger charge is -2.27. The molecule has 1 aromatic rings. The molecule has 0 aliphatic carbocycles. The van der Waals surface area contributed by atoms with E-state index in [0.29, 0.717) is 32.0 Å². The maximum Gasteiger partial charge on any atom is 0.243 e. The molecule has 6 nitrogen and oxygen atoms in total. The summed E-state index contributed by atoms with van der Waals surface area (Å²) in [4.78, 5) is 2.35. The fourth-order valence-electron chi connectivity index (χ4n) is 2.48. The lowest BCUT2D eigenvalue weighted by molar-refractivity contribution is 0.0730. The Hall–Kier alpha value is -1.31. The van der Waals surface area contributed by atoms with E-state index in [2.05, 4.69) is 4.90 Å². The van der Waals surface area contributed by atoms with E-state index < -0.39 is 10.0 Å². The Labute approximate surface area is 126 Å². The van der Waals surface area contributed by atoms with Gasteiger partial charge in [-0.1, -0.05) is 0 Å². The van der Waals surface area contributed by atoms with E-state index in [4.69, 9.17) is 10.5 Å². The number of sulfonamides is 1. The van der Waals surface area contributed by atoms with Crippen LogP contribution in [0.15, 0.2) is 23.1 Å². The fourth-order valence-corrected chi connectivity index (χ4v) is 3.93. The monoisotopic (exact) mass is 313 g/mol. The van der Waals surface area contributed by atoms with E-state index >= 15 is 0 Å². The molecule has 0 saturated carbocycles. The van der Waals surface area contributed by atoms with E-state index in [-0.39, 0.29) is 4.90 Å². The van der Waals surface area contributed by atoms with Crippen LogP contribution in [0.4, 0.5) is 11.4 Å². The van der Waals surface area contributed by atoms with Crippen molar-refractivity contribution in [1.82, 2.24) is 4.31 Å². The highest BCUT2D eigenvalue weighted by molar-refractivity contribution is 7.89. The normalized spacial score (nSPS) is 16.9. The third-order valence-corrected chi connectivity index (χ3v) is 5.61. The van der Waals surface area contributed by atoms with Crippen molar-refractivity contribution in [3.05, 3.63) is 18.2 Å². The molecule has 1 aliphatic rings. The molecular formula is C14H23N3O3S. The first-order valence-electron chi connectivity index (χ1n) is 7.23. The fraction of sp³-hybridized carbons (Fsp3) is 0.571. The largest absolute Gasteiger partial charge is 0.397 e. The molecule has 1 saturated heterocycles. The molecule has 1 heterocycles. The van der Waals surface area contributed by atoms with Crippen molar-refractivity contribution in [2.24, 2.45) is 0 Å². The molecule has 1 aliphatic heterocycles. The molecular weight excluding hydrogens is 290 g/mol. The van der Waals surface area contributed by atoms with Gasteiger partial charge in [-0.05, 0) is 32.0 Å². The molecule has 0 bridgehead atoms. The summed E-state index contributed by atoms with van der Waals surface area (Å²) in [5, 5.41) is 0. The summed E-state index contributed by atoms with van der Waals surface area (Å²) in [5.74, 6) is 0. The second kappa shape index (κ2) is 6.64. The zero-order valence-corrected chi connectivity index (χ0v) is 13.4. The maximum atomic E-state index is 12.6. The number of nitrogens with two attached hydrogens (primary N) is 1. The highest BCUT2D eigenvalue weighted by Gasteiger charge is 2.26. The van der Waals surface area contributed by atoms with Gasteiger partial charge in [-0.15, -0.1) is 0 Å². The van der Waals surface area contributed by atoms with Gasteiger partial charge in [0.15, 0.2) is 0 Å². The highest BCUT2D eigenvalue weighted by atomic mass is 32.2. The standard InChI is InChI=1S/C14H23N3O3S/c1-3-16(4-2)14-6-5-12(11-13(14)15)21(18,19)17-7-9-20-10-8-17/h5-6,11H,3-4,7-10,15H2,1-2H3. The van der Waals surface area contributed by atoms with Crippen molar-refractivity contribution in [1.29, 1.82) is 0 Å². The number of nitrogens with zero attached hydrogens (tertiary/aromatic N) is 2. The van der Waals surface area contributed by atoms with Crippen molar-refractivity contribution in [3.8, 4) is 0 Å². The van der Waals surface area contributed by atoms with Crippen molar-refractivity contribution in [2.45, 2.75) is 18.7 Å². The van der Waals surface area contributed by atoms with Crippen molar-refractivity contribution in [3.63, 3.8) is 0 Å². The number of morpholine rings is 1. The average molecular weight is 313 g/mol. The van der Waals surface area contributed by atoms with E-state index in [9.17, 15) is 8.42 Å². The molecule has 0 spiro atoms. The summed E-state index contributed by atoms with van der Waals surface area (Å²) in [7, 11) is -3.49. The number of nitrogen functional groups attached to an aromatic ring is 1. The Morgan fingerprint density at radius 1 is 1.24 bits per heavy atom. The molecule has 2 rings (SSSR count). The first kappa shape index (κ1) is 16.1. The molecule has 0 unspecified atom stereocenters. The van der Waals surface area contributed by atoms with Crippen LogP contribution in [0.5, 0.6) is 0 Å². The van der Waals surface area contributed by atoms with Gasteiger partial charge in [0.1, 0.15) is 0 Å². The Bertz CT molecular complexity index is 579.